The van der Waals surface area contributed by atoms with Gasteiger partial charge >= 0.3 is 5.97 Å². The molecule has 0 saturated heterocycles. The minimum absolute atomic E-state index is 0.178. The lowest BCUT2D eigenvalue weighted by Gasteiger charge is -2.15. The molecule has 0 aliphatic heterocycles. The number of fused-ring (bicyclic) bond motifs is 1. The Kier molecular flexibility index (Phi) is 3.73. The van der Waals surface area contributed by atoms with Crippen molar-refractivity contribution in [2.24, 2.45) is 0 Å². The van der Waals surface area contributed by atoms with E-state index in [2.05, 4.69) is 4.98 Å². The fraction of sp³-hybridized carbons (Fsp3) is 0.222. The van der Waals surface area contributed by atoms with Gasteiger partial charge in [0.15, 0.2) is 0 Å². The molecule has 0 bridgehead atoms. The van der Waals surface area contributed by atoms with Crippen LogP contribution in [0.2, 0.25) is 0 Å². The SMILES string of the molecule is COC(=O)C1(Oc2cnc3ccn(S(=O)(=O)c4ccccc4)c3c2)CC1. The number of methoxy groups -OCH3 is 1. The molecule has 1 saturated carbocycles. The zero-order valence-electron chi connectivity index (χ0n) is 14.0. The normalized spacial score (nSPS) is 15.6. The van der Waals surface area contributed by atoms with Crippen LogP contribution in [-0.2, 0) is 19.6 Å². The van der Waals surface area contributed by atoms with E-state index in [1.165, 1.54) is 31.6 Å². The van der Waals surface area contributed by atoms with Crippen LogP contribution in [-0.4, -0.2) is 36.1 Å². The van der Waals surface area contributed by atoms with Crippen LogP contribution < -0.4 is 4.74 Å². The summed E-state index contributed by atoms with van der Waals surface area (Å²) in [5.74, 6) is -0.117. The van der Waals surface area contributed by atoms with E-state index in [-0.39, 0.29) is 4.90 Å². The van der Waals surface area contributed by atoms with Crippen LogP contribution in [0.4, 0.5) is 0 Å². The van der Waals surface area contributed by atoms with Gasteiger partial charge in [-0.1, -0.05) is 18.2 Å². The third-order valence-electron chi connectivity index (χ3n) is 4.35. The predicted molar refractivity (Wildman–Crippen MR) is 93.4 cm³/mol. The number of hydrogen-bond acceptors (Lipinski definition) is 6. The number of esters is 1. The van der Waals surface area contributed by atoms with E-state index in [0.717, 1.165) is 3.97 Å². The van der Waals surface area contributed by atoms with E-state index in [1.54, 1.807) is 30.3 Å². The second kappa shape index (κ2) is 5.84. The minimum Gasteiger partial charge on any atom is -0.474 e. The average molecular weight is 372 g/mol. The van der Waals surface area contributed by atoms with Gasteiger partial charge in [0.2, 0.25) is 5.60 Å². The van der Waals surface area contributed by atoms with Gasteiger partial charge in [-0.05, 0) is 18.2 Å². The second-order valence-corrected chi connectivity index (χ2v) is 7.91. The molecule has 8 heteroatoms. The molecular formula is C18H16N2O5S. The summed E-state index contributed by atoms with van der Waals surface area (Å²) >= 11 is 0. The summed E-state index contributed by atoms with van der Waals surface area (Å²) in [5.41, 5.74) is -0.0911. The molecule has 1 aliphatic carbocycles. The maximum absolute atomic E-state index is 12.9. The van der Waals surface area contributed by atoms with Crippen LogP contribution in [0, 0.1) is 0 Å². The van der Waals surface area contributed by atoms with Crippen molar-refractivity contribution in [1.29, 1.82) is 0 Å². The Hall–Kier alpha value is -2.87. The van der Waals surface area contributed by atoms with Gasteiger partial charge < -0.3 is 9.47 Å². The van der Waals surface area contributed by atoms with Crippen molar-refractivity contribution in [2.75, 3.05) is 7.11 Å². The largest absolute Gasteiger partial charge is 0.474 e. The lowest BCUT2D eigenvalue weighted by Crippen LogP contribution is -2.30. The van der Waals surface area contributed by atoms with Gasteiger partial charge in [0.25, 0.3) is 10.0 Å². The second-order valence-electron chi connectivity index (χ2n) is 6.09. The molecule has 1 aromatic carbocycles. The monoisotopic (exact) mass is 372 g/mol. The van der Waals surface area contributed by atoms with Crippen molar-refractivity contribution in [2.45, 2.75) is 23.3 Å². The number of nitrogens with zero attached hydrogens (tertiary/aromatic N) is 2. The fourth-order valence-corrected chi connectivity index (χ4v) is 4.17. The van der Waals surface area contributed by atoms with E-state index >= 15 is 0 Å². The fourth-order valence-electron chi connectivity index (χ4n) is 2.81. The molecule has 1 aliphatic rings. The van der Waals surface area contributed by atoms with Gasteiger partial charge in [0, 0.05) is 25.1 Å². The van der Waals surface area contributed by atoms with Crippen LogP contribution in [0.25, 0.3) is 11.0 Å². The summed E-state index contributed by atoms with van der Waals surface area (Å²) in [6.07, 6.45) is 4.05. The summed E-state index contributed by atoms with van der Waals surface area (Å²) < 4.78 is 37.5. The molecule has 0 amide bonds. The summed E-state index contributed by atoms with van der Waals surface area (Å²) in [5, 5.41) is 0. The number of rotatable bonds is 5. The van der Waals surface area contributed by atoms with Gasteiger partial charge in [0.05, 0.1) is 29.2 Å². The van der Waals surface area contributed by atoms with Crippen molar-refractivity contribution in [3.8, 4) is 5.75 Å². The maximum atomic E-state index is 12.9. The highest BCUT2D eigenvalue weighted by Crippen LogP contribution is 2.41. The average Bonchev–Trinajstić information content (AvgIpc) is 3.31. The van der Waals surface area contributed by atoms with E-state index in [0.29, 0.717) is 29.6 Å². The summed E-state index contributed by atoms with van der Waals surface area (Å²) in [4.78, 5) is 16.3. The smallest absolute Gasteiger partial charge is 0.350 e. The molecule has 134 valence electrons. The van der Waals surface area contributed by atoms with Crippen LogP contribution in [0.5, 0.6) is 5.75 Å². The highest BCUT2D eigenvalue weighted by molar-refractivity contribution is 7.90. The third-order valence-corrected chi connectivity index (χ3v) is 6.06. The van der Waals surface area contributed by atoms with E-state index < -0.39 is 21.6 Å². The van der Waals surface area contributed by atoms with Crippen LogP contribution in [0.1, 0.15) is 12.8 Å². The highest BCUT2D eigenvalue weighted by Gasteiger charge is 2.54. The molecule has 0 N–H and O–H groups in total. The number of pyridine rings is 1. The van der Waals surface area contributed by atoms with E-state index in [4.69, 9.17) is 9.47 Å². The molecule has 26 heavy (non-hydrogen) atoms. The summed E-state index contributed by atoms with van der Waals surface area (Å²) in [7, 11) is -2.45. The predicted octanol–water partition coefficient (Wildman–Crippen LogP) is 2.36. The summed E-state index contributed by atoms with van der Waals surface area (Å²) in [6, 6.07) is 11.3. The molecular weight excluding hydrogens is 356 g/mol. The molecule has 0 atom stereocenters. The topological polar surface area (TPSA) is 87.5 Å². The zero-order chi connectivity index (χ0) is 18.4. The van der Waals surface area contributed by atoms with Crippen LogP contribution in [0.3, 0.4) is 0 Å². The van der Waals surface area contributed by atoms with Crippen molar-refractivity contribution < 1.29 is 22.7 Å². The molecule has 0 radical (unpaired) electrons. The number of benzene rings is 1. The molecule has 1 fully saturated rings. The molecule has 0 unspecified atom stereocenters. The van der Waals surface area contributed by atoms with Gasteiger partial charge in [-0.15, -0.1) is 0 Å². The van der Waals surface area contributed by atoms with Crippen molar-refractivity contribution in [3.63, 3.8) is 0 Å². The quantitative estimate of drug-likeness (QED) is 0.639. The van der Waals surface area contributed by atoms with Gasteiger partial charge in [-0.3, -0.25) is 4.98 Å². The minimum atomic E-state index is -3.76. The van der Waals surface area contributed by atoms with Gasteiger partial charge in [-0.2, -0.15) is 0 Å². The van der Waals surface area contributed by atoms with Crippen LogP contribution >= 0.6 is 0 Å². The molecule has 3 aromatic rings. The molecule has 4 rings (SSSR count). The molecule has 0 spiro atoms. The number of hydrogen-bond donors (Lipinski definition) is 0. The first-order valence-electron chi connectivity index (χ1n) is 8.01. The van der Waals surface area contributed by atoms with E-state index in [1.807, 2.05) is 0 Å². The lowest BCUT2D eigenvalue weighted by molar-refractivity contribution is -0.151. The number of ether oxygens (including phenoxy) is 2. The Bertz CT molecular complexity index is 1090. The Balaban J connectivity index is 1.75. The summed E-state index contributed by atoms with van der Waals surface area (Å²) in [6.45, 7) is 0. The van der Waals surface area contributed by atoms with Crippen molar-refractivity contribution >= 4 is 27.0 Å². The van der Waals surface area contributed by atoms with Crippen molar-refractivity contribution in [1.82, 2.24) is 8.96 Å². The number of aromatic nitrogens is 2. The Morgan fingerprint density at radius 3 is 2.58 bits per heavy atom. The first-order chi connectivity index (χ1) is 12.5. The Morgan fingerprint density at radius 2 is 1.92 bits per heavy atom. The zero-order valence-corrected chi connectivity index (χ0v) is 14.8. The van der Waals surface area contributed by atoms with Gasteiger partial charge in [0.1, 0.15) is 5.75 Å². The highest BCUT2D eigenvalue weighted by atomic mass is 32.2. The Morgan fingerprint density at radius 1 is 1.19 bits per heavy atom. The molecule has 2 aromatic heterocycles. The van der Waals surface area contributed by atoms with Crippen molar-refractivity contribution in [3.05, 3.63) is 54.9 Å². The molecule has 2 heterocycles. The van der Waals surface area contributed by atoms with Crippen LogP contribution in [0.15, 0.2) is 59.8 Å². The Labute approximate surface area is 150 Å². The van der Waals surface area contributed by atoms with E-state index in [9.17, 15) is 13.2 Å². The molecule has 7 nitrogen and oxygen atoms in total. The van der Waals surface area contributed by atoms with Gasteiger partial charge in [-0.25, -0.2) is 17.2 Å². The lowest BCUT2D eigenvalue weighted by atomic mass is 10.3. The third kappa shape index (κ3) is 2.62. The first kappa shape index (κ1) is 16.6. The number of carbonyl (C=O) groups excluding carboxylic acids is 1. The standard InChI is InChI=1S/C18H16N2O5S/c1-24-17(21)18(8-9-18)25-13-11-16-15(19-12-13)7-10-20(16)26(22,23)14-5-3-2-4-6-14/h2-7,10-12H,8-9H2,1H3. The maximum Gasteiger partial charge on any atom is 0.350 e. The number of carbonyl (C=O) groups is 1. The first-order valence-corrected chi connectivity index (χ1v) is 9.45.